The number of benzene rings is 8. The van der Waals surface area contributed by atoms with E-state index in [0.717, 1.165) is 0 Å². The first-order chi connectivity index (χ1) is 18.9. The fourth-order valence-corrected chi connectivity index (χ4v) is 6.39. The number of rotatable bonds is 2. The largest absolute Gasteiger partial charge is 0.0622 e. The third kappa shape index (κ3) is 3.04. The van der Waals surface area contributed by atoms with Gasteiger partial charge in [-0.15, -0.1) is 0 Å². The minimum Gasteiger partial charge on any atom is -0.0622 e. The van der Waals surface area contributed by atoms with E-state index in [1.165, 1.54) is 76.1 Å². The summed E-state index contributed by atoms with van der Waals surface area (Å²) in [5.74, 6) is 0. The molecule has 0 saturated carbocycles. The molecule has 8 aromatic carbocycles. The van der Waals surface area contributed by atoms with Crippen LogP contribution < -0.4 is 0 Å². The Morgan fingerprint density at radius 1 is 0.237 bits per heavy atom. The summed E-state index contributed by atoms with van der Waals surface area (Å²) in [4.78, 5) is 0. The molecule has 0 aliphatic carbocycles. The van der Waals surface area contributed by atoms with Gasteiger partial charge in [-0.3, -0.25) is 0 Å². The molecule has 0 fully saturated rings. The molecule has 0 saturated heterocycles. The SMILES string of the molecule is c1ccc(-c2ccc(-c3cc4c5ccccc5c5ccccc5c4c4ccccc34)c3ccccc23)cc1. The highest BCUT2D eigenvalue weighted by atomic mass is 14.2. The highest BCUT2D eigenvalue weighted by Gasteiger charge is 2.16. The zero-order valence-electron chi connectivity index (χ0n) is 20.9. The van der Waals surface area contributed by atoms with Crippen LogP contribution in [0.4, 0.5) is 0 Å². The predicted molar refractivity (Wildman–Crippen MR) is 165 cm³/mol. The highest BCUT2D eigenvalue weighted by Crippen LogP contribution is 2.44. The normalized spacial score (nSPS) is 11.7. The molecule has 0 aromatic heterocycles. The molecule has 0 bridgehead atoms. The average Bonchev–Trinajstić information content (AvgIpc) is 3.00. The zero-order valence-corrected chi connectivity index (χ0v) is 20.9. The average molecular weight is 481 g/mol. The zero-order chi connectivity index (χ0) is 25.1. The lowest BCUT2D eigenvalue weighted by Crippen LogP contribution is -1.90. The van der Waals surface area contributed by atoms with Gasteiger partial charge in [-0.05, 0) is 82.2 Å². The second kappa shape index (κ2) is 8.30. The van der Waals surface area contributed by atoms with E-state index >= 15 is 0 Å². The summed E-state index contributed by atoms with van der Waals surface area (Å²) in [7, 11) is 0. The lowest BCUT2D eigenvalue weighted by atomic mass is 9.85. The first-order valence-electron chi connectivity index (χ1n) is 13.2. The van der Waals surface area contributed by atoms with Crippen molar-refractivity contribution in [1.82, 2.24) is 0 Å². The van der Waals surface area contributed by atoms with E-state index in [4.69, 9.17) is 0 Å². The summed E-state index contributed by atoms with van der Waals surface area (Å²) >= 11 is 0. The van der Waals surface area contributed by atoms with Crippen LogP contribution >= 0.6 is 0 Å². The molecule has 0 unspecified atom stereocenters. The molecule has 0 atom stereocenters. The van der Waals surface area contributed by atoms with Crippen molar-refractivity contribution in [2.75, 3.05) is 0 Å². The van der Waals surface area contributed by atoms with E-state index in [9.17, 15) is 0 Å². The van der Waals surface area contributed by atoms with E-state index in [2.05, 4.69) is 146 Å². The van der Waals surface area contributed by atoms with Crippen molar-refractivity contribution in [2.24, 2.45) is 0 Å². The molecular weight excluding hydrogens is 456 g/mol. The monoisotopic (exact) mass is 480 g/mol. The van der Waals surface area contributed by atoms with Crippen LogP contribution in [0.15, 0.2) is 146 Å². The fourth-order valence-electron chi connectivity index (χ4n) is 6.39. The van der Waals surface area contributed by atoms with Crippen LogP contribution in [0, 0.1) is 0 Å². The van der Waals surface area contributed by atoms with E-state index in [1.807, 2.05) is 0 Å². The first kappa shape index (κ1) is 21.2. The Kier molecular flexibility index (Phi) is 4.62. The van der Waals surface area contributed by atoms with Crippen molar-refractivity contribution in [3.8, 4) is 22.3 Å². The van der Waals surface area contributed by atoms with Crippen molar-refractivity contribution in [3.05, 3.63) is 146 Å². The molecule has 0 radical (unpaired) electrons. The smallest absolute Gasteiger partial charge is 0.00199 e. The molecule has 176 valence electrons. The van der Waals surface area contributed by atoms with Crippen LogP contribution in [0.3, 0.4) is 0 Å². The van der Waals surface area contributed by atoms with Crippen molar-refractivity contribution >= 4 is 53.9 Å². The Balaban J connectivity index is 1.55. The van der Waals surface area contributed by atoms with Gasteiger partial charge >= 0.3 is 0 Å². The number of hydrogen-bond donors (Lipinski definition) is 0. The van der Waals surface area contributed by atoms with Crippen molar-refractivity contribution in [1.29, 1.82) is 0 Å². The molecule has 0 nitrogen and oxygen atoms in total. The standard InChI is InChI=1S/C38H24/c1-2-12-25(13-3-1)26-22-23-33(28-15-5-4-14-27(26)28)36-24-37-31-18-7-6-16-29(31)30-17-8-10-20-34(30)38(37)35-21-11-9-19-32(35)36/h1-24H. The molecule has 0 heterocycles. The molecule has 8 aromatic rings. The predicted octanol–water partition coefficient (Wildman–Crippen LogP) is 10.8. The summed E-state index contributed by atoms with van der Waals surface area (Å²) in [6, 6.07) is 53.2. The highest BCUT2D eigenvalue weighted by molar-refractivity contribution is 6.33. The van der Waals surface area contributed by atoms with Crippen molar-refractivity contribution < 1.29 is 0 Å². The van der Waals surface area contributed by atoms with Gasteiger partial charge in [0, 0.05) is 0 Å². The van der Waals surface area contributed by atoms with Gasteiger partial charge in [-0.25, -0.2) is 0 Å². The van der Waals surface area contributed by atoms with E-state index in [1.54, 1.807) is 0 Å². The van der Waals surface area contributed by atoms with Gasteiger partial charge in [-0.1, -0.05) is 140 Å². The van der Waals surface area contributed by atoms with E-state index in [-0.39, 0.29) is 0 Å². The minimum absolute atomic E-state index is 1.25. The number of fused-ring (bicyclic) bond motifs is 9. The molecule has 8 rings (SSSR count). The molecule has 0 amide bonds. The maximum Gasteiger partial charge on any atom is -0.00199 e. The molecule has 38 heavy (non-hydrogen) atoms. The Hall–Kier alpha value is -4.94. The minimum atomic E-state index is 1.25. The summed E-state index contributed by atoms with van der Waals surface area (Å²) in [5.41, 5.74) is 5.07. The van der Waals surface area contributed by atoms with E-state index < -0.39 is 0 Å². The van der Waals surface area contributed by atoms with Crippen LogP contribution in [0.5, 0.6) is 0 Å². The van der Waals surface area contributed by atoms with Gasteiger partial charge in [0.05, 0.1) is 0 Å². The number of hydrogen-bond acceptors (Lipinski definition) is 0. The summed E-state index contributed by atoms with van der Waals surface area (Å²) in [5, 5.41) is 13.0. The lowest BCUT2D eigenvalue weighted by molar-refractivity contribution is 1.64. The second-order valence-corrected chi connectivity index (χ2v) is 10.1. The van der Waals surface area contributed by atoms with Gasteiger partial charge in [0.25, 0.3) is 0 Å². The Morgan fingerprint density at radius 3 is 1.26 bits per heavy atom. The maximum atomic E-state index is 2.44. The molecule has 0 aliphatic heterocycles. The van der Waals surface area contributed by atoms with Crippen molar-refractivity contribution in [3.63, 3.8) is 0 Å². The first-order valence-corrected chi connectivity index (χ1v) is 13.2. The van der Waals surface area contributed by atoms with Gasteiger partial charge < -0.3 is 0 Å². The van der Waals surface area contributed by atoms with Gasteiger partial charge in [0.1, 0.15) is 0 Å². The molecule has 0 heteroatoms. The van der Waals surface area contributed by atoms with E-state index in [0.29, 0.717) is 0 Å². The molecule has 0 spiro atoms. The third-order valence-electron chi connectivity index (χ3n) is 8.05. The van der Waals surface area contributed by atoms with Gasteiger partial charge in [-0.2, -0.15) is 0 Å². The Bertz CT molecular complexity index is 2170. The fraction of sp³-hybridized carbons (Fsp3) is 0. The topological polar surface area (TPSA) is 0 Å². The van der Waals surface area contributed by atoms with Crippen molar-refractivity contribution in [2.45, 2.75) is 0 Å². The quantitative estimate of drug-likeness (QED) is 0.216. The summed E-state index contributed by atoms with van der Waals surface area (Å²) < 4.78 is 0. The van der Waals surface area contributed by atoms with Crippen LogP contribution in [0.25, 0.3) is 76.1 Å². The Morgan fingerprint density at radius 2 is 0.632 bits per heavy atom. The lowest BCUT2D eigenvalue weighted by Gasteiger charge is -2.18. The van der Waals surface area contributed by atoms with Gasteiger partial charge in [0.15, 0.2) is 0 Å². The maximum absolute atomic E-state index is 2.44. The van der Waals surface area contributed by atoms with Crippen LogP contribution in [-0.2, 0) is 0 Å². The summed E-state index contributed by atoms with van der Waals surface area (Å²) in [6.07, 6.45) is 0. The molecule has 0 N–H and O–H groups in total. The Labute approximate surface area is 221 Å². The van der Waals surface area contributed by atoms with Crippen LogP contribution in [-0.4, -0.2) is 0 Å². The second-order valence-electron chi connectivity index (χ2n) is 10.1. The third-order valence-corrected chi connectivity index (χ3v) is 8.05. The molecule has 0 aliphatic rings. The van der Waals surface area contributed by atoms with Crippen LogP contribution in [0.2, 0.25) is 0 Å². The van der Waals surface area contributed by atoms with Gasteiger partial charge in [0.2, 0.25) is 0 Å². The molecular formula is C38H24. The van der Waals surface area contributed by atoms with Crippen LogP contribution in [0.1, 0.15) is 0 Å². The summed E-state index contributed by atoms with van der Waals surface area (Å²) in [6.45, 7) is 0.